The first kappa shape index (κ1) is 17.9. The van der Waals surface area contributed by atoms with Gasteiger partial charge >= 0.3 is 0 Å². The van der Waals surface area contributed by atoms with Gasteiger partial charge in [0.05, 0.1) is 23.8 Å². The number of amides is 1. The van der Waals surface area contributed by atoms with E-state index in [-0.39, 0.29) is 35.2 Å². The van der Waals surface area contributed by atoms with Crippen molar-refractivity contribution >= 4 is 17.5 Å². The molecule has 4 rings (SSSR count). The third-order valence-electron chi connectivity index (χ3n) is 4.89. The summed E-state index contributed by atoms with van der Waals surface area (Å²) in [6.45, 7) is 1.96. The van der Waals surface area contributed by atoms with Crippen molar-refractivity contribution in [2.24, 2.45) is 0 Å². The molecular weight excluding hydrogens is 359 g/mol. The van der Waals surface area contributed by atoms with E-state index in [0.29, 0.717) is 17.5 Å². The molecule has 1 saturated carbocycles. The minimum Gasteiger partial charge on any atom is -0.383 e. The number of rotatable bonds is 5. The van der Waals surface area contributed by atoms with Crippen LogP contribution in [0.4, 0.5) is 10.2 Å². The maximum atomic E-state index is 13.1. The summed E-state index contributed by atoms with van der Waals surface area (Å²) in [6, 6.07) is 12.4. The van der Waals surface area contributed by atoms with Crippen molar-refractivity contribution in [1.82, 2.24) is 15.1 Å². The van der Waals surface area contributed by atoms with Crippen LogP contribution < -0.4 is 11.1 Å². The zero-order chi connectivity index (χ0) is 19.8. The van der Waals surface area contributed by atoms with Crippen LogP contribution >= 0.6 is 0 Å². The van der Waals surface area contributed by atoms with Gasteiger partial charge in [-0.1, -0.05) is 17.7 Å². The molecule has 28 heavy (non-hydrogen) atoms. The Morgan fingerprint density at radius 2 is 1.75 bits per heavy atom. The predicted octanol–water partition coefficient (Wildman–Crippen LogP) is 2.89. The molecule has 3 N–H and O–H groups in total. The largest absolute Gasteiger partial charge is 0.383 e. The van der Waals surface area contributed by atoms with Gasteiger partial charge in [0.2, 0.25) is 0 Å². The number of nitrogens with one attached hydrogen (secondary N) is 1. The number of carbonyl (C=O) groups is 2. The van der Waals surface area contributed by atoms with Crippen molar-refractivity contribution in [1.29, 1.82) is 0 Å². The van der Waals surface area contributed by atoms with Crippen LogP contribution in [-0.2, 0) is 0 Å². The van der Waals surface area contributed by atoms with E-state index in [1.807, 2.05) is 19.1 Å². The third-order valence-corrected chi connectivity index (χ3v) is 4.89. The molecule has 2 atom stereocenters. The summed E-state index contributed by atoms with van der Waals surface area (Å²) in [5.74, 6) is -0.637. The Kier molecular flexibility index (Phi) is 4.43. The molecule has 0 bridgehead atoms. The highest BCUT2D eigenvalue weighted by Gasteiger charge is 2.42. The molecule has 2 unspecified atom stereocenters. The van der Waals surface area contributed by atoms with Crippen molar-refractivity contribution in [2.45, 2.75) is 25.4 Å². The number of carbonyl (C=O) groups excluding carboxylic acids is 2. The molecule has 6 nitrogen and oxygen atoms in total. The van der Waals surface area contributed by atoms with Crippen molar-refractivity contribution < 1.29 is 14.0 Å². The van der Waals surface area contributed by atoms with E-state index in [1.165, 1.54) is 30.5 Å². The Hall–Kier alpha value is -3.48. The van der Waals surface area contributed by atoms with Crippen LogP contribution in [0.1, 0.15) is 44.3 Å². The monoisotopic (exact) mass is 378 g/mol. The first-order valence-electron chi connectivity index (χ1n) is 8.95. The van der Waals surface area contributed by atoms with Gasteiger partial charge in [0.1, 0.15) is 11.6 Å². The van der Waals surface area contributed by atoms with Gasteiger partial charge in [0, 0.05) is 11.1 Å². The van der Waals surface area contributed by atoms with Crippen LogP contribution in [0.25, 0.3) is 0 Å². The van der Waals surface area contributed by atoms with E-state index >= 15 is 0 Å². The quantitative estimate of drug-likeness (QED) is 0.668. The fraction of sp³-hybridized carbons (Fsp3) is 0.190. The van der Waals surface area contributed by atoms with Gasteiger partial charge in [0.25, 0.3) is 5.91 Å². The summed E-state index contributed by atoms with van der Waals surface area (Å²) in [4.78, 5) is 24.9. The molecule has 1 amide bonds. The van der Waals surface area contributed by atoms with Gasteiger partial charge in [-0.15, -0.1) is 0 Å². The van der Waals surface area contributed by atoms with Gasteiger partial charge < -0.3 is 11.1 Å². The fourth-order valence-electron chi connectivity index (χ4n) is 3.13. The van der Waals surface area contributed by atoms with Crippen LogP contribution in [-0.4, -0.2) is 27.5 Å². The number of ketones is 1. The molecule has 0 spiro atoms. The molecule has 1 heterocycles. The second kappa shape index (κ2) is 6.92. The standard InChI is InChI=1S/C21H19FN4O2/c1-12-2-4-14(5-3-12)21(28)25-17-10-18(17)26-20(23)16(11-24-26)19(27)13-6-8-15(22)9-7-13/h2-9,11,17-18H,10,23H2,1H3,(H,25,28). The lowest BCUT2D eigenvalue weighted by atomic mass is 10.1. The summed E-state index contributed by atoms with van der Waals surface area (Å²) in [5.41, 5.74) is 8.41. The molecule has 1 aliphatic carbocycles. The highest BCUT2D eigenvalue weighted by Crippen LogP contribution is 2.38. The molecule has 1 aliphatic rings. The van der Waals surface area contributed by atoms with E-state index in [1.54, 1.807) is 16.8 Å². The average Bonchev–Trinajstić information content (AvgIpc) is 3.33. The van der Waals surface area contributed by atoms with Crippen LogP contribution in [0.5, 0.6) is 0 Å². The number of aryl methyl sites for hydroxylation is 1. The first-order chi connectivity index (χ1) is 13.4. The Bertz CT molecular complexity index is 1040. The van der Waals surface area contributed by atoms with Crippen molar-refractivity contribution in [2.75, 3.05) is 5.73 Å². The highest BCUT2D eigenvalue weighted by molar-refractivity contribution is 6.11. The van der Waals surface area contributed by atoms with Crippen LogP contribution in [0.3, 0.4) is 0 Å². The van der Waals surface area contributed by atoms with E-state index in [0.717, 1.165) is 5.56 Å². The van der Waals surface area contributed by atoms with Crippen LogP contribution in [0.2, 0.25) is 0 Å². The van der Waals surface area contributed by atoms with Gasteiger partial charge in [-0.2, -0.15) is 5.10 Å². The molecule has 1 aromatic heterocycles. The van der Waals surface area contributed by atoms with Gasteiger partial charge in [0.15, 0.2) is 5.78 Å². The lowest BCUT2D eigenvalue weighted by Gasteiger charge is -2.07. The number of hydrogen-bond donors (Lipinski definition) is 2. The van der Waals surface area contributed by atoms with Crippen molar-refractivity contribution in [3.63, 3.8) is 0 Å². The summed E-state index contributed by atoms with van der Waals surface area (Å²) in [5, 5.41) is 7.19. The maximum absolute atomic E-state index is 13.1. The zero-order valence-electron chi connectivity index (χ0n) is 15.2. The van der Waals surface area contributed by atoms with Gasteiger partial charge in [-0.05, 0) is 49.7 Å². The van der Waals surface area contributed by atoms with Gasteiger partial charge in [-0.25, -0.2) is 9.07 Å². The molecular formula is C21H19FN4O2. The second-order valence-electron chi connectivity index (χ2n) is 6.97. The Morgan fingerprint density at radius 1 is 1.11 bits per heavy atom. The molecule has 0 radical (unpaired) electrons. The number of nitrogens with zero attached hydrogens (tertiary/aromatic N) is 2. The molecule has 142 valence electrons. The summed E-state index contributed by atoms with van der Waals surface area (Å²) < 4.78 is 14.6. The normalized spacial score (nSPS) is 17.9. The molecule has 0 aliphatic heterocycles. The molecule has 3 aromatic rings. The highest BCUT2D eigenvalue weighted by atomic mass is 19.1. The third kappa shape index (κ3) is 3.38. The van der Waals surface area contributed by atoms with Crippen molar-refractivity contribution in [3.8, 4) is 0 Å². The lowest BCUT2D eigenvalue weighted by Crippen LogP contribution is -2.27. The number of hydrogen-bond acceptors (Lipinski definition) is 4. The van der Waals surface area contributed by atoms with Crippen molar-refractivity contribution in [3.05, 3.63) is 82.8 Å². The Labute approximate surface area is 161 Å². The second-order valence-corrected chi connectivity index (χ2v) is 6.97. The van der Waals surface area contributed by atoms with E-state index < -0.39 is 5.82 Å². The number of halogens is 1. The van der Waals surface area contributed by atoms with Crippen LogP contribution in [0, 0.1) is 12.7 Å². The summed E-state index contributed by atoms with van der Waals surface area (Å²) in [6.07, 6.45) is 2.10. The smallest absolute Gasteiger partial charge is 0.251 e. The number of nitrogens with two attached hydrogens (primary N) is 1. The molecule has 7 heteroatoms. The SMILES string of the molecule is Cc1ccc(C(=O)NC2CC2n2ncc(C(=O)c3ccc(F)cc3)c2N)cc1. The minimum atomic E-state index is -0.412. The summed E-state index contributed by atoms with van der Waals surface area (Å²) >= 11 is 0. The van der Waals surface area contributed by atoms with E-state index in [2.05, 4.69) is 10.4 Å². The molecule has 1 fully saturated rings. The number of aromatic nitrogens is 2. The first-order valence-corrected chi connectivity index (χ1v) is 8.95. The fourth-order valence-corrected chi connectivity index (χ4v) is 3.13. The number of benzene rings is 2. The number of nitrogen functional groups attached to an aromatic ring is 1. The maximum Gasteiger partial charge on any atom is 0.251 e. The minimum absolute atomic E-state index is 0.0928. The molecule has 0 saturated heterocycles. The summed E-state index contributed by atoms with van der Waals surface area (Å²) in [7, 11) is 0. The van der Waals surface area contributed by atoms with Gasteiger partial charge in [-0.3, -0.25) is 9.59 Å². The van der Waals surface area contributed by atoms with E-state index in [4.69, 9.17) is 5.73 Å². The Morgan fingerprint density at radius 3 is 2.43 bits per heavy atom. The van der Waals surface area contributed by atoms with E-state index in [9.17, 15) is 14.0 Å². The topological polar surface area (TPSA) is 90.0 Å². The molecule has 2 aromatic carbocycles. The number of anilines is 1. The predicted molar refractivity (Wildman–Crippen MR) is 103 cm³/mol. The van der Waals surface area contributed by atoms with Crippen LogP contribution in [0.15, 0.2) is 54.7 Å². The zero-order valence-corrected chi connectivity index (χ0v) is 15.2. The lowest BCUT2D eigenvalue weighted by molar-refractivity contribution is 0.0948. The average molecular weight is 378 g/mol. The Balaban J connectivity index is 1.45.